The third-order valence-corrected chi connectivity index (χ3v) is 2.47. The molecule has 0 fully saturated rings. The number of fused-ring (bicyclic) bond motifs is 1. The van der Waals surface area contributed by atoms with Crippen molar-refractivity contribution in [2.24, 2.45) is 0 Å². The maximum Gasteiger partial charge on any atom is 0.335 e. The summed E-state index contributed by atoms with van der Waals surface area (Å²) in [5.41, 5.74) is 1.90. The molecule has 1 aromatic carbocycles. The lowest BCUT2D eigenvalue weighted by Crippen LogP contribution is -2.16. The molecular formula is C11H9NO3. The summed E-state index contributed by atoms with van der Waals surface area (Å²) in [6.07, 6.45) is 0. The molecule has 1 atom stereocenters. The fourth-order valence-corrected chi connectivity index (χ4v) is 1.67. The average molecular weight is 203 g/mol. The summed E-state index contributed by atoms with van der Waals surface area (Å²) in [6.45, 7) is 0.792. The first-order valence-corrected chi connectivity index (χ1v) is 4.56. The molecule has 0 bridgehead atoms. The predicted octanol–water partition coefficient (Wildman–Crippen LogP) is 1.52. The van der Waals surface area contributed by atoms with Gasteiger partial charge in [-0.25, -0.2) is 4.79 Å². The first-order chi connectivity index (χ1) is 7.22. The molecule has 4 heteroatoms. The van der Waals surface area contributed by atoms with Gasteiger partial charge in [0, 0.05) is 0 Å². The first kappa shape index (κ1) is 9.69. The van der Waals surface area contributed by atoms with E-state index in [9.17, 15) is 4.79 Å². The number of benzene rings is 1. The molecule has 0 aromatic heterocycles. The highest BCUT2D eigenvalue weighted by Gasteiger charge is 2.21. The Morgan fingerprint density at radius 1 is 1.60 bits per heavy atom. The van der Waals surface area contributed by atoms with E-state index in [1.54, 1.807) is 12.1 Å². The number of hydrogen-bond donors (Lipinski definition) is 1. The summed E-state index contributed by atoms with van der Waals surface area (Å²) < 4.78 is 5.23. The van der Waals surface area contributed by atoms with Crippen molar-refractivity contribution in [2.75, 3.05) is 6.61 Å². The maximum atomic E-state index is 10.8. The number of hydrogen-bond acceptors (Lipinski definition) is 3. The Hall–Kier alpha value is -1.86. The summed E-state index contributed by atoms with van der Waals surface area (Å²) >= 11 is 0. The largest absolute Gasteiger partial charge is 0.478 e. The van der Waals surface area contributed by atoms with Gasteiger partial charge in [0.05, 0.1) is 30.8 Å². The molecule has 0 amide bonds. The maximum absolute atomic E-state index is 10.8. The van der Waals surface area contributed by atoms with Crippen LogP contribution in [0.3, 0.4) is 0 Å². The highest BCUT2D eigenvalue weighted by Crippen LogP contribution is 2.27. The van der Waals surface area contributed by atoms with Crippen LogP contribution in [-0.4, -0.2) is 17.7 Å². The first-order valence-electron chi connectivity index (χ1n) is 4.56. The van der Waals surface area contributed by atoms with E-state index < -0.39 is 5.97 Å². The van der Waals surface area contributed by atoms with Crippen LogP contribution in [0.15, 0.2) is 18.2 Å². The fourth-order valence-electron chi connectivity index (χ4n) is 1.67. The van der Waals surface area contributed by atoms with Crippen LogP contribution in [0, 0.1) is 11.3 Å². The van der Waals surface area contributed by atoms with Crippen molar-refractivity contribution in [1.82, 2.24) is 0 Å². The van der Waals surface area contributed by atoms with Gasteiger partial charge in [-0.05, 0) is 23.3 Å². The number of nitriles is 1. The third kappa shape index (κ3) is 1.69. The summed E-state index contributed by atoms with van der Waals surface area (Å²) in [7, 11) is 0. The second-order valence-electron chi connectivity index (χ2n) is 3.42. The van der Waals surface area contributed by atoms with Crippen LogP contribution in [0.1, 0.15) is 27.4 Å². The van der Waals surface area contributed by atoms with Crippen molar-refractivity contribution in [2.45, 2.75) is 12.5 Å². The van der Waals surface area contributed by atoms with E-state index in [2.05, 4.69) is 6.07 Å². The Bertz CT molecular complexity index is 448. The van der Waals surface area contributed by atoms with Gasteiger partial charge in [0.1, 0.15) is 0 Å². The molecule has 2 rings (SSSR count). The number of rotatable bonds is 1. The molecule has 0 spiro atoms. The molecule has 0 radical (unpaired) electrons. The number of carboxylic acid groups (broad SMARTS) is 1. The van der Waals surface area contributed by atoms with Crippen LogP contribution in [0.4, 0.5) is 0 Å². The Kier molecular flexibility index (Phi) is 2.40. The van der Waals surface area contributed by atoms with Crippen LogP contribution < -0.4 is 0 Å². The van der Waals surface area contributed by atoms with Crippen molar-refractivity contribution >= 4 is 5.97 Å². The topological polar surface area (TPSA) is 70.3 Å². The monoisotopic (exact) mass is 203 g/mol. The van der Waals surface area contributed by atoms with Crippen LogP contribution in [0.25, 0.3) is 0 Å². The molecule has 4 nitrogen and oxygen atoms in total. The Balaban J connectivity index is 2.49. The standard InChI is InChI=1S/C11H9NO3/c12-4-9-6-15-5-8-2-1-7(11(13)14)3-10(8)9/h1-3,9H,5-6H2,(H,13,14). The summed E-state index contributed by atoms with van der Waals surface area (Å²) in [5.74, 6) is -1.32. The molecule has 0 saturated heterocycles. The lowest BCUT2D eigenvalue weighted by molar-refractivity contribution is 0.0695. The van der Waals surface area contributed by atoms with E-state index in [1.807, 2.05) is 0 Å². The summed E-state index contributed by atoms with van der Waals surface area (Å²) in [5, 5.41) is 17.7. The van der Waals surface area contributed by atoms with Crippen molar-refractivity contribution < 1.29 is 14.6 Å². The molecule has 1 heterocycles. The highest BCUT2D eigenvalue weighted by atomic mass is 16.5. The van der Waals surface area contributed by atoms with E-state index in [0.29, 0.717) is 13.2 Å². The minimum Gasteiger partial charge on any atom is -0.478 e. The van der Waals surface area contributed by atoms with Gasteiger partial charge in [-0.3, -0.25) is 0 Å². The molecule has 76 valence electrons. The Labute approximate surface area is 86.7 Å². The molecule has 0 aliphatic carbocycles. The lowest BCUT2D eigenvalue weighted by atomic mass is 9.92. The second-order valence-corrected chi connectivity index (χ2v) is 3.42. The molecule has 1 N–H and O–H groups in total. The Morgan fingerprint density at radius 2 is 2.40 bits per heavy atom. The molecule has 1 aliphatic rings. The minimum absolute atomic E-state index is 0.218. The van der Waals surface area contributed by atoms with E-state index in [-0.39, 0.29) is 11.5 Å². The van der Waals surface area contributed by atoms with Crippen molar-refractivity contribution in [3.63, 3.8) is 0 Å². The van der Waals surface area contributed by atoms with E-state index in [0.717, 1.165) is 11.1 Å². The molecule has 0 saturated carbocycles. The smallest absolute Gasteiger partial charge is 0.335 e. The second kappa shape index (κ2) is 3.71. The van der Waals surface area contributed by atoms with Crippen LogP contribution in [0.5, 0.6) is 0 Å². The van der Waals surface area contributed by atoms with Gasteiger partial charge in [0.15, 0.2) is 0 Å². The van der Waals surface area contributed by atoms with Gasteiger partial charge in [-0.1, -0.05) is 6.07 Å². The van der Waals surface area contributed by atoms with Gasteiger partial charge in [-0.15, -0.1) is 0 Å². The zero-order valence-electron chi connectivity index (χ0n) is 7.93. The number of carbonyl (C=O) groups is 1. The molecule has 15 heavy (non-hydrogen) atoms. The number of ether oxygens (including phenoxy) is 1. The molecule has 1 aromatic rings. The summed E-state index contributed by atoms with van der Waals surface area (Å²) in [6, 6.07) is 6.91. The predicted molar refractivity (Wildman–Crippen MR) is 51.4 cm³/mol. The Morgan fingerprint density at radius 3 is 3.07 bits per heavy atom. The van der Waals surface area contributed by atoms with E-state index in [4.69, 9.17) is 15.1 Å². The van der Waals surface area contributed by atoms with Crippen LogP contribution in [0.2, 0.25) is 0 Å². The van der Waals surface area contributed by atoms with E-state index >= 15 is 0 Å². The number of nitrogens with zero attached hydrogens (tertiary/aromatic N) is 1. The SMILES string of the molecule is N#CC1COCc2ccc(C(=O)O)cc21. The van der Waals surface area contributed by atoms with Gasteiger partial charge in [0.2, 0.25) is 0 Å². The van der Waals surface area contributed by atoms with Gasteiger partial charge in [0.25, 0.3) is 0 Å². The van der Waals surface area contributed by atoms with Crippen molar-refractivity contribution in [3.05, 3.63) is 34.9 Å². The lowest BCUT2D eigenvalue weighted by Gasteiger charge is -2.20. The van der Waals surface area contributed by atoms with Crippen LogP contribution >= 0.6 is 0 Å². The normalized spacial score (nSPS) is 19.0. The minimum atomic E-state index is -0.971. The zero-order valence-corrected chi connectivity index (χ0v) is 7.93. The molecule has 1 aliphatic heterocycles. The van der Waals surface area contributed by atoms with Gasteiger partial charge < -0.3 is 9.84 Å². The highest BCUT2D eigenvalue weighted by molar-refractivity contribution is 5.88. The average Bonchev–Trinajstić information content (AvgIpc) is 2.27. The third-order valence-electron chi connectivity index (χ3n) is 2.47. The van der Waals surface area contributed by atoms with Crippen LogP contribution in [-0.2, 0) is 11.3 Å². The number of carboxylic acids is 1. The fraction of sp³-hybridized carbons (Fsp3) is 0.273. The van der Waals surface area contributed by atoms with Gasteiger partial charge in [-0.2, -0.15) is 5.26 Å². The van der Waals surface area contributed by atoms with E-state index in [1.165, 1.54) is 6.07 Å². The quantitative estimate of drug-likeness (QED) is 0.751. The summed E-state index contributed by atoms with van der Waals surface area (Å²) in [4.78, 5) is 10.8. The number of aromatic carboxylic acids is 1. The molecule has 1 unspecified atom stereocenters. The van der Waals surface area contributed by atoms with Gasteiger partial charge >= 0.3 is 5.97 Å². The zero-order chi connectivity index (χ0) is 10.8. The molecular weight excluding hydrogens is 194 g/mol. The van der Waals surface area contributed by atoms with Crippen molar-refractivity contribution in [3.8, 4) is 6.07 Å². The van der Waals surface area contributed by atoms with Crippen molar-refractivity contribution in [1.29, 1.82) is 5.26 Å².